The molecule has 4 nitrogen and oxygen atoms in total. The summed E-state index contributed by atoms with van der Waals surface area (Å²) in [6.45, 7) is 4.97. The summed E-state index contributed by atoms with van der Waals surface area (Å²) < 4.78 is 0. The highest BCUT2D eigenvalue weighted by atomic mass is 35.5. The first-order valence-electron chi connectivity index (χ1n) is 6.27. The quantitative estimate of drug-likeness (QED) is 0.856. The minimum atomic E-state index is -1.06. The number of halogens is 2. The predicted octanol–water partition coefficient (Wildman–Crippen LogP) is 3.72. The molecule has 0 aliphatic rings. The monoisotopic (exact) mass is 329 g/mol. The second kappa shape index (κ2) is 6.96. The highest BCUT2D eigenvalue weighted by Gasteiger charge is 2.26. The number of carbonyl (C=O) groups excluding carboxylic acids is 1. The standard InChI is InChI=1S/C15H17Cl2NO3/c1-15(2,3)18(9-14(20)21)13(19)5-4-10-6-11(16)8-12(17)7-10/h4-8H,9H2,1-3H3,(H,20,21). The third kappa shape index (κ3) is 5.78. The number of rotatable bonds is 4. The van der Waals surface area contributed by atoms with Crippen molar-refractivity contribution in [2.24, 2.45) is 0 Å². The Morgan fingerprint density at radius 1 is 1.19 bits per heavy atom. The average Bonchev–Trinajstić information content (AvgIpc) is 2.30. The van der Waals surface area contributed by atoms with Crippen LogP contribution in [0, 0.1) is 0 Å². The predicted molar refractivity (Wildman–Crippen MR) is 84.6 cm³/mol. The van der Waals surface area contributed by atoms with Crippen molar-refractivity contribution >= 4 is 41.2 Å². The molecule has 114 valence electrons. The van der Waals surface area contributed by atoms with Crippen molar-refractivity contribution < 1.29 is 14.7 Å². The fraction of sp³-hybridized carbons (Fsp3) is 0.333. The van der Waals surface area contributed by atoms with Gasteiger partial charge in [-0.25, -0.2) is 0 Å². The molecule has 1 amide bonds. The maximum atomic E-state index is 12.2. The lowest BCUT2D eigenvalue weighted by Gasteiger charge is -2.33. The molecule has 1 aromatic rings. The van der Waals surface area contributed by atoms with E-state index in [1.807, 2.05) is 0 Å². The van der Waals surface area contributed by atoms with Gasteiger partial charge in [-0.2, -0.15) is 0 Å². The number of carboxylic acids is 1. The van der Waals surface area contributed by atoms with E-state index in [1.165, 1.54) is 11.0 Å². The first-order valence-corrected chi connectivity index (χ1v) is 7.03. The topological polar surface area (TPSA) is 57.6 Å². The molecule has 0 atom stereocenters. The first-order chi connectivity index (χ1) is 9.59. The number of carboxylic acid groups (broad SMARTS) is 1. The summed E-state index contributed by atoms with van der Waals surface area (Å²) in [5.41, 5.74) is 0.0799. The molecule has 0 heterocycles. The lowest BCUT2D eigenvalue weighted by Crippen LogP contribution is -2.47. The molecule has 21 heavy (non-hydrogen) atoms. The van der Waals surface area contributed by atoms with Crippen LogP contribution in [0.2, 0.25) is 10.0 Å². The summed E-state index contributed by atoms with van der Waals surface area (Å²) in [6.07, 6.45) is 2.87. The maximum Gasteiger partial charge on any atom is 0.323 e. The third-order valence-electron chi connectivity index (χ3n) is 2.67. The number of benzene rings is 1. The van der Waals surface area contributed by atoms with Gasteiger partial charge in [0, 0.05) is 21.7 Å². The zero-order valence-corrected chi connectivity index (χ0v) is 13.6. The van der Waals surface area contributed by atoms with Gasteiger partial charge in [0.15, 0.2) is 0 Å². The van der Waals surface area contributed by atoms with Crippen LogP contribution < -0.4 is 0 Å². The Kier molecular flexibility index (Phi) is 5.81. The van der Waals surface area contributed by atoms with Gasteiger partial charge in [0.1, 0.15) is 6.54 Å². The van der Waals surface area contributed by atoms with Crippen molar-refractivity contribution in [1.82, 2.24) is 4.90 Å². The van der Waals surface area contributed by atoms with Crippen molar-refractivity contribution in [3.05, 3.63) is 39.9 Å². The summed E-state index contributed by atoms with van der Waals surface area (Å²) in [5.74, 6) is -1.45. The summed E-state index contributed by atoms with van der Waals surface area (Å²) in [4.78, 5) is 24.3. The molecule has 0 bridgehead atoms. The molecule has 0 unspecified atom stereocenters. The molecular formula is C15H17Cl2NO3. The van der Waals surface area contributed by atoms with E-state index in [2.05, 4.69) is 0 Å². The fourth-order valence-electron chi connectivity index (χ4n) is 1.71. The van der Waals surface area contributed by atoms with E-state index in [9.17, 15) is 9.59 Å². The molecule has 0 aliphatic heterocycles. The van der Waals surface area contributed by atoms with Crippen molar-refractivity contribution in [2.45, 2.75) is 26.3 Å². The smallest absolute Gasteiger partial charge is 0.323 e. The SMILES string of the molecule is CC(C)(C)N(CC(=O)O)C(=O)C=Cc1cc(Cl)cc(Cl)c1. The van der Waals surface area contributed by atoms with E-state index in [0.29, 0.717) is 15.6 Å². The number of hydrogen-bond acceptors (Lipinski definition) is 2. The van der Waals surface area contributed by atoms with E-state index >= 15 is 0 Å². The minimum Gasteiger partial charge on any atom is -0.480 e. The lowest BCUT2D eigenvalue weighted by molar-refractivity contribution is -0.145. The number of amides is 1. The Hall–Kier alpha value is -1.52. The van der Waals surface area contributed by atoms with Gasteiger partial charge in [0.05, 0.1) is 0 Å². The zero-order chi connectivity index (χ0) is 16.2. The summed E-state index contributed by atoms with van der Waals surface area (Å²) >= 11 is 11.8. The van der Waals surface area contributed by atoms with Gasteiger partial charge in [-0.15, -0.1) is 0 Å². The van der Waals surface area contributed by atoms with Crippen LogP contribution in [-0.2, 0) is 9.59 Å². The molecular weight excluding hydrogens is 313 g/mol. The van der Waals surface area contributed by atoms with Crippen LogP contribution in [0.4, 0.5) is 0 Å². The average molecular weight is 330 g/mol. The molecule has 0 aromatic heterocycles. The van der Waals surface area contributed by atoms with E-state index in [1.54, 1.807) is 45.0 Å². The van der Waals surface area contributed by atoms with E-state index in [0.717, 1.165) is 0 Å². The van der Waals surface area contributed by atoms with E-state index in [4.69, 9.17) is 28.3 Å². The second-order valence-electron chi connectivity index (χ2n) is 5.53. The fourth-order valence-corrected chi connectivity index (χ4v) is 2.25. The van der Waals surface area contributed by atoms with Crippen LogP contribution in [-0.4, -0.2) is 34.0 Å². The summed E-state index contributed by atoms with van der Waals surface area (Å²) in [5, 5.41) is 9.83. The van der Waals surface area contributed by atoms with Crippen LogP contribution in [0.25, 0.3) is 6.08 Å². The Morgan fingerprint density at radius 3 is 2.14 bits per heavy atom. The number of carbonyl (C=O) groups is 2. The van der Waals surface area contributed by atoms with Gasteiger partial charge in [-0.05, 0) is 50.6 Å². The summed E-state index contributed by atoms with van der Waals surface area (Å²) in [7, 11) is 0. The first kappa shape index (κ1) is 17.5. The van der Waals surface area contributed by atoms with Gasteiger partial charge in [-0.3, -0.25) is 9.59 Å². The van der Waals surface area contributed by atoms with Gasteiger partial charge >= 0.3 is 5.97 Å². The van der Waals surface area contributed by atoms with Gasteiger partial charge < -0.3 is 10.0 Å². The van der Waals surface area contributed by atoms with Gasteiger partial charge in [0.2, 0.25) is 5.91 Å². The summed E-state index contributed by atoms with van der Waals surface area (Å²) in [6, 6.07) is 4.92. The number of aliphatic carboxylic acids is 1. The Balaban J connectivity index is 2.95. The molecule has 6 heteroatoms. The molecule has 0 saturated carbocycles. The lowest BCUT2D eigenvalue weighted by atomic mass is 10.1. The highest BCUT2D eigenvalue weighted by Crippen LogP contribution is 2.20. The van der Waals surface area contributed by atoms with Crippen LogP contribution in [0.5, 0.6) is 0 Å². The molecule has 0 radical (unpaired) electrons. The third-order valence-corrected chi connectivity index (χ3v) is 3.11. The normalized spacial score (nSPS) is 11.7. The molecule has 0 fully saturated rings. The Bertz CT molecular complexity index is 557. The number of nitrogens with zero attached hydrogens (tertiary/aromatic N) is 1. The Labute approximate surface area is 134 Å². The van der Waals surface area contributed by atoms with E-state index in [-0.39, 0.29) is 12.5 Å². The minimum absolute atomic E-state index is 0.358. The Morgan fingerprint density at radius 2 is 1.71 bits per heavy atom. The van der Waals surface area contributed by atoms with Gasteiger partial charge in [0.25, 0.3) is 0 Å². The highest BCUT2D eigenvalue weighted by molar-refractivity contribution is 6.34. The molecule has 0 spiro atoms. The molecule has 1 N–H and O–H groups in total. The van der Waals surface area contributed by atoms with Crippen LogP contribution >= 0.6 is 23.2 Å². The number of hydrogen-bond donors (Lipinski definition) is 1. The van der Waals surface area contributed by atoms with Crippen molar-refractivity contribution in [1.29, 1.82) is 0 Å². The van der Waals surface area contributed by atoms with Crippen molar-refractivity contribution in [3.8, 4) is 0 Å². The van der Waals surface area contributed by atoms with E-state index < -0.39 is 11.5 Å². The molecule has 0 aliphatic carbocycles. The largest absolute Gasteiger partial charge is 0.480 e. The molecule has 1 aromatic carbocycles. The zero-order valence-electron chi connectivity index (χ0n) is 12.1. The van der Waals surface area contributed by atoms with Crippen LogP contribution in [0.3, 0.4) is 0 Å². The van der Waals surface area contributed by atoms with Crippen molar-refractivity contribution in [2.75, 3.05) is 6.54 Å². The molecule has 1 rings (SSSR count). The van der Waals surface area contributed by atoms with Crippen LogP contribution in [0.15, 0.2) is 24.3 Å². The van der Waals surface area contributed by atoms with Crippen molar-refractivity contribution in [3.63, 3.8) is 0 Å². The second-order valence-corrected chi connectivity index (χ2v) is 6.40. The van der Waals surface area contributed by atoms with Gasteiger partial charge in [-0.1, -0.05) is 23.2 Å². The van der Waals surface area contributed by atoms with Crippen LogP contribution in [0.1, 0.15) is 26.3 Å². The molecule has 0 saturated heterocycles. The maximum absolute atomic E-state index is 12.2.